The van der Waals surface area contributed by atoms with E-state index in [9.17, 15) is 9.90 Å². The highest BCUT2D eigenvalue weighted by atomic mass is 32.5. The minimum atomic E-state index is -3.00. The molecule has 0 bridgehead atoms. The number of nitrogens with one attached hydrogen (secondary N) is 1. The van der Waals surface area contributed by atoms with E-state index >= 15 is 0 Å². The molecule has 2 aliphatic heterocycles. The number of hydrogen-bond acceptors (Lipinski definition) is 9. The first-order valence-electron chi connectivity index (χ1n) is 7.92. The first-order valence-corrected chi connectivity index (χ1v) is 11.0. The summed E-state index contributed by atoms with van der Waals surface area (Å²) in [5.74, 6) is -0.259. The summed E-state index contributed by atoms with van der Waals surface area (Å²) in [7, 11) is 1.45. The van der Waals surface area contributed by atoms with Crippen molar-refractivity contribution < 1.29 is 32.9 Å². The Labute approximate surface area is 158 Å². The maximum absolute atomic E-state index is 11.5. The van der Waals surface area contributed by atoms with Crippen LogP contribution < -0.4 is 5.32 Å². The van der Waals surface area contributed by atoms with Gasteiger partial charge in [0.15, 0.2) is 6.29 Å². The molecular weight excluding hydrogens is 389 g/mol. The van der Waals surface area contributed by atoms with Gasteiger partial charge in [0, 0.05) is 19.4 Å². The van der Waals surface area contributed by atoms with Gasteiger partial charge in [0.25, 0.3) is 0 Å². The number of ether oxygens (including phenoxy) is 2. The van der Waals surface area contributed by atoms with Gasteiger partial charge in [-0.3, -0.25) is 4.79 Å². The summed E-state index contributed by atoms with van der Waals surface area (Å²) >= 11 is 10.0. The summed E-state index contributed by atoms with van der Waals surface area (Å²) in [5.41, 5.74) is -0.147. The zero-order valence-electron chi connectivity index (χ0n) is 14.7. The number of amides is 1. The summed E-state index contributed by atoms with van der Waals surface area (Å²) in [5, 5.41) is 11.9. The molecule has 0 saturated carbocycles. The molecule has 146 valence electrons. The predicted molar refractivity (Wildman–Crippen MR) is 98.0 cm³/mol. The fraction of sp³-hybridized carbons (Fsp3) is 0.929. The van der Waals surface area contributed by atoms with Crippen molar-refractivity contribution in [1.82, 2.24) is 5.32 Å². The largest absolute Gasteiger partial charge is 0.394 e. The second-order valence-electron chi connectivity index (χ2n) is 6.91. The van der Waals surface area contributed by atoms with Crippen LogP contribution in [0.5, 0.6) is 0 Å². The van der Waals surface area contributed by atoms with Gasteiger partial charge in [0.05, 0.1) is 31.1 Å². The quantitative estimate of drug-likeness (QED) is 0.449. The average Bonchev–Trinajstić information content (AvgIpc) is 2.54. The van der Waals surface area contributed by atoms with Crippen LogP contribution in [0.3, 0.4) is 0 Å². The van der Waals surface area contributed by atoms with Gasteiger partial charge in [0.1, 0.15) is 12.2 Å². The van der Waals surface area contributed by atoms with Crippen LogP contribution in [-0.2, 0) is 39.6 Å². The SMILES string of the molecule is CO[C@H]1O[C@H](CO)[C@@H](OP2(=S)OCC(C)(C)CO2)[C@@H](S)[C@@H]1NC(C)=O. The zero-order valence-corrected chi connectivity index (χ0v) is 17.3. The van der Waals surface area contributed by atoms with E-state index in [4.69, 9.17) is 34.9 Å². The highest BCUT2D eigenvalue weighted by Crippen LogP contribution is 2.57. The van der Waals surface area contributed by atoms with E-state index in [1.807, 2.05) is 13.8 Å². The molecule has 1 amide bonds. The summed E-state index contributed by atoms with van der Waals surface area (Å²) in [6, 6.07) is -0.582. The van der Waals surface area contributed by atoms with Gasteiger partial charge in [-0.1, -0.05) is 13.8 Å². The molecule has 2 heterocycles. The van der Waals surface area contributed by atoms with Crippen LogP contribution in [0.25, 0.3) is 0 Å². The predicted octanol–water partition coefficient (Wildman–Crippen LogP) is 0.836. The first kappa shape index (κ1) is 21.5. The number of carbonyl (C=O) groups excluding carboxylic acids is 1. The second-order valence-corrected chi connectivity index (χ2v) is 10.5. The molecule has 0 aromatic carbocycles. The van der Waals surface area contributed by atoms with Crippen molar-refractivity contribution in [1.29, 1.82) is 0 Å². The van der Waals surface area contributed by atoms with Crippen LogP contribution in [0.1, 0.15) is 20.8 Å². The van der Waals surface area contributed by atoms with Gasteiger partial charge >= 0.3 is 6.72 Å². The molecule has 2 N–H and O–H groups in total. The Hall–Kier alpha value is 0.230. The molecule has 0 unspecified atom stereocenters. The Morgan fingerprint density at radius 2 is 2.04 bits per heavy atom. The van der Waals surface area contributed by atoms with E-state index in [2.05, 4.69) is 17.9 Å². The van der Waals surface area contributed by atoms with E-state index in [-0.39, 0.29) is 17.9 Å². The first-order chi connectivity index (χ1) is 11.6. The number of thiol groups is 1. The van der Waals surface area contributed by atoms with E-state index in [0.29, 0.717) is 13.2 Å². The van der Waals surface area contributed by atoms with Crippen molar-refractivity contribution in [3.63, 3.8) is 0 Å². The van der Waals surface area contributed by atoms with Gasteiger partial charge in [-0.15, -0.1) is 0 Å². The third kappa shape index (κ3) is 5.37. The van der Waals surface area contributed by atoms with Crippen molar-refractivity contribution in [3.05, 3.63) is 0 Å². The van der Waals surface area contributed by atoms with Crippen molar-refractivity contribution in [3.8, 4) is 0 Å². The second kappa shape index (κ2) is 8.50. The molecule has 25 heavy (non-hydrogen) atoms. The van der Waals surface area contributed by atoms with E-state index < -0.39 is 36.5 Å². The standard InChI is InChI=1S/C14H26NO7PS2/c1-8(17)15-10-12(24)11(9(5-16)21-13(10)18-4)22-23(25)19-6-14(2,3)7-20-23/h9-13,16,24H,5-7H2,1-4H3,(H,15,17)/t9-,10+,11-,12+,13+/m1/s1. The Bertz CT molecular complexity index is 521. The molecule has 2 fully saturated rings. The molecule has 0 radical (unpaired) electrons. The summed E-state index contributed by atoms with van der Waals surface area (Å²) in [4.78, 5) is 11.5. The Balaban J connectivity index is 2.16. The summed E-state index contributed by atoms with van der Waals surface area (Å²) in [6.07, 6.45) is -2.24. The van der Waals surface area contributed by atoms with E-state index in [1.165, 1.54) is 14.0 Å². The van der Waals surface area contributed by atoms with Crippen molar-refractivity contribution >= 4 is 37.1 Å². The highest BCUT2D eigenvalue weighted by Gasteiger charge is 2.48. The number of methoxy groups -OCH3 is 1. The number of aliphatic hydroxyl groups excluding tert-OH is 1. The maximum Gasteiger partial charge on any atom is 0.327 e. The smallest absolute Gasteiger partial charge is 0.327 e. The van der Waals surface area contributed by atoms with Crippen LogP contribution in [0.15, 0.2) is 0 Å². The van der Waals surface area contributed by atoms with Crippen LogP contribution in [0.4, 0.5) is 0 Å². The van der Waals surface area contributed by atoms with E-state index in [0.717, 1.165) is 0 Å². The molecule has 0 aromatic heterocycles. The lowest BCUT2D eigenvalue weighted by Crippen LogP contribution is -2.63. The van der Waals surface area contributed by atoms with Crippen LogP contribution in [0, 0.1) is 5.41 Å². The maximum atomic E-state index is 11.5. The highest BCUT2D eigenvalue weighted by molar-refractivity contribution is 8.07. The summed E-state index contributed by atoms with van der Waals surface area (Å²) in [6.45, 7) is 2.89. The minimum absolute atomic E-state index is 0.147. The van der Waals surface area contributed by atoms with Crippen molar-refractivity contribution in [2.75, 3.05) is 26.9 Å². The fourth-order valence-electron chi connectivity index (χ4n) is 2.58. The van der Waals surface area contributed by atoms with Crippen LogP contribution >= 0.6 is 19.3 Å². The fourth-order valence-corrected chi connectivity index (χ4v) is 5.54. The summed E-state index contributed by atoms with van der Waals surface area (Å²) < 4.78 is 28.3. The molecule has 2 aliphatic rings. The lowest BCUT2D eigenvalue weighted by molar-refractivity contribution is -0.227. The van der Waals surface area contributed by atoms with Crippen molar-refractivity contribution in [2.24, 2.45) is 5.41 Å². The molecule has 5 atom stereocenters. The molecule has 2 rings (SSSR count). The van der Waals surface area contributed by atoms with Gasteiger partial charge in [-0.05, 0) is 11.8 Å². The zero-order chi connectivity index (χ0) is 18.8. The van der Waals surface area contributed by atoms with Gasteiger partial charge in [-0.25, -0.2) is 0 Å². The molecule has 8 nitrogen and oxygen atoms in total. The lowest BCUT2D eigenvalue weighted by Gasteiger charge is -2.46. The van der Waals surface area contributed by atoms with Gasteiger partial charge in [-0.2, -0.15) is 12.6 Å². The van der Waals surface area contributed by atoms with Crippen LogP contribution in [-0.4, -0.2) is 67.7 Å². The van der Waals surface area contributed by atoms with Gasteiger partial charge < -0.3 is 33.5 Å². The Morgan fingerprint density at radius 3 is 2.52 bits per heavy atom. The molecule has 0 aromatic rings. The van der Waals surface area contributed by atoms with Gasteiger partial charge in [0.2, 0.25) is 5.91 Å². The van der Waals surface area contributed by atoms with Crippen molar-refractivity contribution in [2.45, 2.75) is 50.6 Å². The number of rotatable bonds is 5. The molecular formula is C14H26NO7PS2. The number of aliphatic hydroxyl groups is 1. The molecule has 2 saturated heterocycles. The average molecular weight is 415 g/mol. The monoisotopic (exact) mass is 415 g/mol. The van der Waals surface area contributed by atoms with Crippen LogP contribution in [0.2, 0.25) is 0 Å². The topological polar surface area (TPSA) is 95.5 Å². The minimum Gasteiger partial charge on any atom is -0.394 e. The molecule has 0 aliphatic carbocycles. The molecule has 11 heteroatoms. The van der Waals surface area contributed by atoms with E-state index in [1.54, 1.807) is 0 Å². The third-order valence-corrected chi connectivity index (χ3v) is 6.83. The number of carbonyl (C=O) groups is 1. The third-order valence-electron chi connectivity index (χ3n) is 3.93. The molecule has 0 spiro atoms. The normalized spacial score (nSPS) is 37.4. The lowest BCUT2D eigenvalue weighted by atomic mass is 9.97. The Morgan fingerprint density at radius 1 is 1.44 bits per heavy atom. The number of hydrogen-bond donors (Lipinski definition) is 3. The Kier molecular flexibility index (Phi) is 7.32.